The van der Waals surface area contributed by atoms with Crippen LogP contribution in [0.1, 0.15) is 22.7 Å². The SMILES string of the molecule is O=S(=O)(NCc1nccs1)c1ccsc1CNC1CC1. The fraction of sp³-hybridized carbons (Fsp3) is 0.417. The highest BCUT2D eigenvalue weighted by Crippen LogP contribution is 2.25. The summed E-state index contributed by atoms with van der Waals surface area (Å²) >= 11 is 2.91. The van der Waals surface area contributed by atoms with Gasteiger partial charge in [-0.25, -0.2) is 18.1 Å². The minimum absolute atomic E-state index is 0.241. The second-order valence-electron chi connectivity index (χ2n) is 4.61. The molecule has 5 nitrogen and oxygen atoms in total. The third-order valence-electron chi connectivity index (χ3n) is 3.02. The van der Waals surface area contributed by atoms with Gasteiger partial charge in [0.15, 0.2) is 0 Å². The van der Waals surface area contributed by atoms with Crippen LogP contribution >= 0.6 is 22.7 Å². The Labute approximate surface area is 126 Å². The quantitative estimate of drug-likeness (QED) is 0.814. The summed E-state index contributed by atoms with van der Waals surface area (Å²) in [5, 5.41) is 7.77. The normalized spacial score (nSPS) is 15.6. The molecule has 1 fully saturated rings. The van der Waals surface area contributed by atoms with Crippen LogP contribution in [0.4, 0.5) is 0 Å². The number of thiazole rings is 1. The zero-order valence-electron chi connectivity index (χ0n) is 10.7. The molecule has 0 atom stereocenters. The molecular weight excluding hydrogens is 314 g/mol. The van der Waals surface area contributed by atoms with E-state index in [9.17, 15) is 8.42 Å². The van der Waals surface area contributed by atoms with E-state index >= 15 is 0 Å². The molecule has 8 heteroatoms. The van der Waals surface area contributed by atoms with Crippen molar-refractivity contribution in [3.63, 3.8) is 0 Å². The molecule has 0 aliphatic heterocycles. The Morgan fingerprint density at radius 1 is 1.25 bits per heavy atom. The molecular formula is C12H15N3O2S3. The second kappa shape index (κ2) is 5.90. The topological polar surface area (TPSA) is 71.1 Å². The Hall–Kier alpha value is -0.800. The van der Waals surface area contributed by atoms with Crippen molar-refractivity contribution in [3.8, 4) is 0 Å². The van der Waals surface area contributed by atoms with Crippen molar-refractivity contribution in [1.82, 2.24) is 15.0 Å². The predicted octanol–water partition coefficient (Wildman–Crippen LogP) is 1.94. The highest BCUT2D eigenvalue weighted by Gasteiger charge is 2.23. The van der Waals surface area contributed by atoms with Gasteiger partial charge in [0.1, 0.15) is 5.01 Å². The molecule has 1 aliphatic carbocycles. The molecule has 3 rings (SSSR count). The van der Waals surface area contributed by atoms with Gasteiger partial charge in [-0.3, -0.25) is 0 Å². The highest BCUT2D eigenvalue weighted by atomic mass is 32.2. The Morgan fingerprint density at radius 3 is 2.80 bits per heavy atom. The first-order valence-electron chi connectivity index (χ1n) is 6.33. The van der Waals surface area contributed by atoms with Gasteiger partial charge < -0.3 is 5.32 Å². The zero-order chi connectivity index (χ0) is 14.0. The second-order valence-corrected chi connectivity index (χ2v) is 8.33. The number of nitrogens with zero attached hydrogens (tertiary/aromatic N) is 1. The molecule has 108 valence electrons. The number of sulfonamides is 1. The molecule has 0 unspecified atom stereocenters. The molecule has 2 aromatic heterocycles. The maximum absolute atomic E-state index is 12.3. The van der Waals surface area contributed by atoms with E-state index < -0.39 is 10.0 Å². The summed E-state index contributed by atoms with van der Waals surface area (Å²) in [6.07, 6.45) is 4.05. The molecule has 2 heterocycles. The largest absolute Gasteiger partial charge is 0.309 e. The maximum Gasteiger partial charge on any atom is 0.242 e. The van der Waals surface area contributed by atoms with Crippen LogP contribution in [0.2, 0.25) is 0 Å². The highest BCUT2D eigenvalue weighted by molar-refractivity contribution is 7.89. The van der Waals surface area contributed by atoms with Gasteiger partial charge in [-0.1, -0.05) is 0 Å². The molecule has 2 N–H and O–H groups in total. The van der Waals surface area contributed by atoms with E-state index in [0.717, 1.165) is 9.88 Å². The average molecular weight is 329 g/mol. The lowest BCUT2D eigenvalue weighted by molar-refractivity contribution is 0.579. The van der Waals surface area contributed by atoms with Gasteiger partial charge in [-0.2, -0.15) is 0 Å². The van der Waals surface area contributed by atoms with Crippen LogP contribution < -0.4 is 10.0 Å². The summed E-state index contributed by atoms with van der Waals surface area (Å²) in [6, 6.07) is 2.23. The smallest absolute Gasteiger partial charge is 0.242 e. The lowest BCUT2D eigenvalue weighted by Crippen LogP contribution is -2.25. The maximum atomic E-state index is 12.3. The van der Waals surface area contributed by atoms with Gasteiger partial charge in [0, 0.05) is 29.0 Å². The number of aromatic nitrogens is 1. The van der Waals surface area contributed by atoms with Gasteiger partial charge in [0.2, 0.25) is 10.0 Å². The van der Waals surface area contributed by atoms with Crippen molar-refractivity contribution in [2.24, 2.45) is 0 Å². The van der Waals surface area contributed by atoms with E-state index in [-0.39, 0.29) is 6.54 Å². The molecule has 1 aliphatic rings. The minimum Gasteiger partial charge on any atom is -0.309 e. The molecule has 2 aromatic rings. The number of rotatable bonds is 7. The molecule has 0 bridgehead atoms. The third kappa shape index (κ3) is 3.44. The Morgan fingerprint density at radius 2 is 2.10 bits per heavy atom. The van der Waals surface area contributed by atoms with Crippen LogP contribution in [-0.4, -0.2) is 19.4 Å². The standard InChI is InChI=1S/C12H15N3O2S3/c16-20(17,15-8-12-13-4-6-19-12)11-3-5-18-10(11)7-14-9-1-2-9/h3-6,9,14-15H,1-2,7-8H2. The number of hydrogen-bond donors (Lipinski definition) is 2. The zero-order valence-corrected chi connectivity index (χ0v) is 13.2. The number of thiophene rings is 1. The van der Waals surface area contributed by atoms with E-state index in [1.807, 2.05) is 10.8 Å². The molecule has 0 aromatic carbocycles. The number of nitrogens with one attached hydrogen (secondary N) is 2. The van der Waals surface area contributed by atoms with E-state index in [0.29, 0.717) is 17.5 Å². The Bertz CT molecular complexity index is 660. The fourth-order valence-corrected chi connectivity index (χ4v) is 4.82. The monoisotopic (exact) mass is 329 g/mol. The van der Waals surface area contributed by atoms with Crippen molar-refractivity contribution in [2.75, 3.05) is 0 Å². The Balaban J connectivity index is 1.68. The van der Waals surface area contributed by atoms with Crippen molar-refractivity contribution in [3.05, 3.63) is 32.9 Å². The summed E-state index contributed by atoms with van der Waals surface area (Å²) in [5.74, 6) is 0. The predicted molar refractivity (Wildman–Crippen MR) is 80.3 cm³/mol. The fourth-order valence-electron chi connectivity index (χ4n) is 1.80. The van der Waals surface area contributed by atoms with Crippen molar-refractivity contribution in [1.29, 1.82) is 0 Å². The minimum atomic E-state index is -3.46. The first-order chi connectivity index (χ1) is 9.65. The molecule has 0 radical (unpaired) electrons. The van der Waals surface area contributed by atoms with Gasteiger partial charge >= 0.3 is 0 Å². The van der Waals surface area contributed by atoms with Crippen molar-refractivity contribution >= 4 is 32.7 Å². The van der Waals surface area contributed by atoms with E-state index in [1.165, 1.54) is 35.5 Å². The van der Waals surface area contributed by atoms with Gasteiger partial charge in [0.05, 0.1) is 11.4 Å². The summed E-state index contributed by atoms with van der Waals surface area (Å²) < 4.78 is 27.2. The van der Waals surface area contributed by atoms with Crippen LogP contribution in [0.3, 0.4) is 0 Å². The van der Waals surface area contributed by atoms with Crippen molar-refractivity contribution < 1.29 is 8.42 Å². The molecule has 0 amide bonds. The van der Waals surface area contributed by atoms with Gasteiger partial charge in [-0.15, -0.1) is 22.7 Å². The van der Waals surface area contributed by atoms with Crippen LogP contribution in [0, 0.1) is 0 Å². The summed E-state index contributed by atoms with van der Waals surface area (Å²) in [5.41, 5.74) is 0. The average Bonchev–Trinajstić information content (AvgIpc) is 2.94. The van der Waals surface area contributed by atoms with Crippen molar-refractivity contribution in [2.45, 2.75) is 36.9 Å². The molecule has 20 heavy (non-hydrogen) atoms. The van der Waals surface area contributed by atoms with Gasteiger partial charge in [0.25, 0.3) is 0 Å². The third-order valence-corrected chi connectivity index (χ3v) is 6.34. The lowest BCUT2D eigenvalue weighted by Gasteiger charge is -2.07. The van der Waals surface area contributed by atoms with Crippen LogP contribution in [0.15, 0.2) is 27.9 Å². The molecule has 0 spiro atoms. The lowest BCUT2D eigenvalue weighted by atomic mass is 10.4. The van der Waals surface area contributed by atoms with Crippen LogP contribution in [-0.2, 0) is 23.1 Å². The van der Waals surface area contributed by atoms with Crippen LogP contribution in [0.25, 0.3) is 0 Å². The number of hydrogen-bond acceptors (Lipinski definition) is 6. The van der Waals surface area contributed by atoms with E-state index in [4.69, 9.17) is 0 Å². The first kappa shape index (κ1) is 14.2. The van der Waals surface area contributed by atoms with E-state index in [2.05, 4.69) is 15.0 Å². The van der Waals surface area contributed by atoms with Crippen LogP contribution in [0.5, 0.6) is 0 Å². The van der Waals surface area contributed by atoms with E-state index in [1.54, 1.807) is 12.3 Å². The first-order valence-corrected chi connectivity index (χ1v) is 9.57. The molecule has 0 saturated heterocycles. The Kier molecular flexibility index (Phi) is 4.18. The summed E-state index contributed by atoms with van der Waals surface area (Å²) in [4.78, 5) is 5.32. The summed E-state index contributed by atoms with van der Waals surface area (Å²) in [6.45, 7) is 0.862. The van der Waals surface area contributed by atoms with Gasteiger partial charge in [-0.05, 0) is 24.3 Å². The summed E-state index contributed by atoms with van der Waals surface area (Å²) in [7, 11) is -3.46. The molecule has 1 saturated carbocycles.